The summed E-state index contributed by atoms with van der Waals surface area (Å²) in [5.41, 5.74) is 2.69. The van der Waals surface area contributed by atoms with Crippen LogP contribution < -0.4 is 5.48 Å². The monoisotopic (exact) mass is 188 g/mol. The number of likely N-dealkylation sites (N-methyl/N-ethyl adjacent to an activating group) is 1. The fraction of sp³-hybridized carbons (Fsp3) is 0.889. The van der Waals surface area contributed by atoms with Crippen LogP contribution >= 0.6 is 0 Å². The molecule has 0 aliphatic heterocycles. The summed E-state index contributed by atoms with van der Waals surface area (Å²) in [5.74, 6) is 0.0819. The number of hydrogen-bond donors (Lipinski definition) is 1. The van der Waals surface area contributed by atoms with Crippen molar-refractivity contribution in [2.75, 3.05) is 19.7 Å². The van der Waals surface area contributed by atoms with E-state index in [0.29, 0.717) is 6.61 Å². The molecule has 0 rings (SSSR count). The van der Waals surface area contributed by atoms with Gasteiger partial charge in [-0.3, -0.25) is 4.79 Å². The SMILES string of the molecule is CCONC(C)C(=O)N(CC)CC. The van der Waals surface area contributed by atoms with Gasteiger partial charge >= 0.3 is 0 Å². The number of amides is 1. The zero-order valence-corrected chi connectivity index (χ0v) is 8.96. The molecule has 4 nitrogen and oxygen atoms in total. The van der Waals surface area contributed by atoms with Crippen LogP contribution in [-0.4, -0.2) is 36.5 Å². The summed E-state index contributed by atoms with van der Waals surface area (Å²) >= 11 is 0. The van der Waals surface area contributed by atoms with Crippen LogP contribution in [-0.2, 0) is 9.63 Å². The molecule has 1 amide bonds. The molecule has 0 aliphatic rings. The Balaban J connectivity index is 3.92. The average molecular weight is 188 g/mol. The molecule has 0 bridgehead atoms. The minimum absolute atomic E-state index is 0.0819. The summed E-state index contributed by atoms with van der Waals surface area (Å²) in [7, 11) is 0. The van der Waals surface area contributed by atoms with Gasteiger partial charge in [-0.05, 0) is 27.7 Å². The van der Waals surface area contributed by atoms with Crippen LogP contribution in [0, 0.1) is 0 Å². The number of nitrogens with one attached hydrogen (secondary N) is 1. The highest BCUT2D eigenvalue weighted by atomic mass is 16.6. The number of carbonyl (C=O) groups is 1. The van der Waals surface area contributed by atoms with Crippen molar-refractivity contribution in [3.05, 3.63) is 0 Å². The van der Waals surface area contributed by atoms with Gasteiger partial charge in [0.2, 0.25) is 5.91 Å². The van der Waals surface area contributed by atoms with Gasteiger partial charge in [-0.15, -0.1) is 0 Å². The number of hydrogen-bond acceptors (Lipinski definition) is 3. The predicted molar refractivity (Wildman–Crippen MR) is 52.2 cm³/mol. The molecule has 0 aromatic carbocycles. The van der Waals surface area contributed by atoms with Crippen LogP contribution in [0.4, 0.5) is 0 Å². The minimum Gasteiger partial charge on any atom is -0.342 e. The molecule has 1 atom stereocenters. The van der Waals surface area contributed by atoms with Gasteiger partial charge in [-0.1, -0.05) is 0 Å². The van der Waals surface area contributed by atoms with E-state index < -0.39 is 0 Å². The van der Waals surface area contributed by atoms with Crippen molar-refractivity contribution >= 4 is 5.91 Å². The first-order valence-corrected chi connectivity index (χ1v) is 4.83. The van der Waals surface area contributed by atoms with Crippen molar-refractivity contribution < 1.29 is 9.63 Å². The Morgan fingerprint density at radius 1 is 1.38 bits per heavy atom. The second-order valence-corrected chi connectivity index (χ2v) is 2.78. The Bertz CT molecular complexity index is 147. The van der Waals surface area contributed by atoms with E-state index in [1.807, 2.05) is 20.8 Å². The fourth-order valence-electron chi connectivity index (χ4n) is 1.07. The van der Waals surface area contributed by atoms with E-state index >= 15 is 0 Å². The molecule has 0 aliphatic carbocycles. The zero-order chi connectivity index (χ0) is 10.3. The summed E-state index contributed by atoms with van der Waals surface area (Å²) in [4.78, 5) is 18.3. The highest BCUT2D eigenvalue weighted by Crippen LogP contribution is 1.94. The lowest BCUT2D eigenvalue weighted by molar-refractivity contribution is -0.136. The van der Waals surface area contributed by atoms with E-state index in [1.54, 1.807) is 11.8 Å². The molecular weight excluding hydrogens is 168 g/mol. The largest absolute Gasteiger partial charge is 0.342 e. The van der Waals surface area contributed by atoms with Crippen LogP contribution in [0.2, 0.25) is 0 Å². The predicted octanol–water partition coefficient (Wildman–Crippen LogP) is 0.784. The summed E-state index contributed by atoms with van der Waals surface area (Å²) < 4.78 is 0. The van der Waals surface area contributed by atoms with Crippen molar-refractivity contribution in [2.45, 2.75) is 33.7 Å². The number of rotatable bonds is 6. The first-order valence-electron chi connectivity index (χ1n) is 4.83. The average Bonchev–Trinajstić information content (AvgIpc) is 2.15. The van der Waals surface area contributed by atoms with Crippen LogP contribution in [0.25, 0.3) is 0 Å². The Morgan fingerprint density at radius 2 is 1.92 bits per heavy atom. The minimum atomic E-state index is -0.264. The van der Waals surface area contributed by atoms with Crippen LogP contribution in [0.1, 0.15) is 27.7 Å². The number of carbonyl (C=O) groups excluding carboxylic acids is 1. The topological polar surface area (TPSA) is 41.6 Å². The maximum Gasteiger partial charge on any atom is 0.241 e. The maximum atomic E-state index is 11.6. The molecule has 0 aromatic rings. The van der Waals surface area contributed by atoms with Crippen LogP contribution in [0.15, 0.2) is 0 Å². The standard InChI is InChI=1S/C9H20N2O2/c1-5-11(6-2)9(12)8(4)10-13-7-3/h8,10H,5-7H2,1-4H3. The van der Waals surface area contributed by atoms with Crippen molar-refractivity contribution in [1.29, 1.82) is 0 Å². The fourth-order valence-corrected chi connectivity index (χ4v) is 1.07. The molecule has 4 heteroatoms. The lowest BCUT2D eigenvalue weighted by Gasteiger charge is -2.22. The number of hydroxylamine groups is 1. The molecular formula is C9H20N2O2. The number of nitrogens with zero attached hydrogens (tertiary/aromatic N) is 1. The van der Waals surface area contributed by atoms with Gasteiger partial charge in [0.1, 0.15) is 6.04 Å². The molecule has 0 spiro atoms. The summed E-state index contributed by atoms with van der Waals surface area (Å²) in [6.07, 6.45) is 0. The smallest absolute Gasteiger partial charge is 0.241 e. The molecule has 0 fully saturated rings. The quantitative estimate of drug-likeness (QED) is 0.626. The summed E-state index contributed by atoms with van der Waals surface area (Å²) in [6.45, 7) is 9.67. The molecule has 0 heterocycles. The molecule has 0 aromatic heterocycles. The lowest BCUT2D eigenvalue weighted by atomic mass is 10.3. The highest BCUT2D eigenvalue weighted by molar-refractivity contribution is 5.81. The third kappa shape index (κ3) is 4.24. The first-order chi connectivity index (χ1) is 6.17. The highest BCUT2D eigenvalue weighted by Gasteiger charge is 2.17. The van der Waals surface area contributed by atoms with Gasteiger partial charge in [0.05, 0.1) is 6.61 Å². The van der Waals surface area contributed by atoms with Gasteiger partial charge in [-0.2, -0.15) is 5.48 Å². The van der Waals surface area contributed by atoms with Gasteiger partial charge in [-0.25, -0.2) is 0 Å². The Kier molecular flexibility index (Phi) is 6.54. The third-order valence-electron chi connectivity index (χ3n) is 1.85. The first kappa shape index (κ1) is 12.4. The summed E-state index contributed by atoms with van der Waals surface area (Å²) in [6, 6.07) is -0.264. The molecule has 0 saturated carbocycles. The third-order valence-corrected chi connectivity index (χ3v) is 1.85. The van der Waals surface area contributed by atoms with E-state index in [4.69, 9.17) is 4.84 Å². The Hall–Kier alpha value is -0.610. The van der Waals surface area contributed by atoms with E-state index in [0.717, 1.165) is 13.1 Å². The van der Waals surface area contributed by atoms with E-state index in [2.05, 4.69) is 5.48 Å². The lowest BCUT2D eigenvalue weighted by Crippen LogP contribution is -2.44. The Labute approximate surface area is 80.2 Å². The van der Waals surface area contributed by atoms with Gasteiger partial charge in [0.15, 0.2) is 0 Å². The second-order valence-electron chi connectivity index (χ2n) is 2.78. The van der Waals surface area contributed by atoms with Crippen LogP contribution in [0.3, 0.4) is 0 Å². The molecule has 78 valence electrons. The van der Waals surface area contributed by atoms with Crippen molar-refractivity contribution in [3.63, 3.8) is 0 Å². The van der Waals surface area contributed by atoms with Gasteiger partial charge in [0, 0.05) is 13.1 Å². The molecule has 1 unspecified atom stereocenters. The Morgan fingerprint density at radius 3 is 2.31 bits per heavy atom. The zero-order valence-electron chi connectivity index (χ0n) is 8.96. The summed E-state index contributed by atoms with van der Waals surface area (Å²) in [5, 5.41) is 0. The van der Waals surface area contributed by atoms with Gasteiger partial charge in [0.25, 0.3) is 0 Å². The van der Waals surface area contributed by atoms with Crippen LogP contribution in [0.5, 0.6) is 0 Å². The molecule has 1 N–H and O–H groups in total. The molecule has 13 heavy (non-hydrogen) atoms. The maximum absolute atomic E-state index is 11.6. The van der Waals surface area contributed by atoms with E-state index in [9.17, 15) is 4.79 Å². The van der Waals surface area contributed by atoms with Crippen molar-refractivity contribution in [3.8, 4) is 0 Å². The van der Waals surface area contributed by atoms with Crippen molar-refractivity contribution in [2.24, 2.45) is 0 Å². The van der Waals surface area contributed by atoms with E-state index in [-0.39, 0.29) is 11.9 Å². The van der Waals surface area contributed by atoms with Gasteiger partial charge < -0.3 is 9.74 Å². The molecule has 0 saturated heterocycles. The van der Waals surface area contributed by atoms with E-state index in [1.165, 1.54) is 0 Å². The van der Waals surface area contributed by atoms with Crippen molar-refractivity contribution in [1.82, 2.24) is 10.4 Å². The second kappa shape index (κ2) is 6.86. The molecule has 0 radical (unpaired) electrons. The normalized spacial score (nSPS) is 12.6.